The van der Waals surface area contributed by atoms with Gasteiger partial charge in [0.2, 0.25) is 0 Å². The normalized spacial score (nSPS) is 38.6. The Bertz CT molecular complexity index is 250. The Morgan fingerprint density at radius 1 is 1.29 bits per heavy atom. The Balaban J connectivity index is 1.92. The average Bonchev–Trinajstić information content (AvgIpc) is 2.80. The van der Waals surface area contributed by atoms with Crippen LogP contribution in [0.5, 0.6) is 0 Å². The Morgan fingerprint density at radius 3 is 2.65 bits per heavy atom. The minimum absolute atomic E-state index is 0.0153. The summed E-state index contributed by atoms with van der Waals surface area (Å²) in [6, 6.07) is 0. The SMILES string of the molecule is CCCC(C)C1COC2C(ON(O)O)COC12. The monoisotopic (exact) mass is 247 g/mol. The van der Waals surface area contributed by atoms with E-state index in [4.69, 9.17) is 24.7 Å². The van der Waals surface area contributed by atoms with Gasteiger partial charge in [-0.3, -0.25) is 10.4 Å². The number of hydrogen-bond donors (Lipinski definition) is 2. The molecule has 17 heavy (non-hydrogen) atoms. The van der Waals surface area contributed by atoms with Crippen molar-refractivity contribution in [1.29, 1.82) is 0 Å². The summed E-state index contributed by atoms with van der Waals surface area (Å²) in [7, 11) is 0. The van der Waals surface area contributed by atoms with Gasteiger partial charge in [-0.05, 0) is 5.92 Å². The van der Waals surface area contributed by atoms with Crippen molar-refractivity contribution in [2.24, 2.45) is 11.8 Å². The molecular formula is C11H21NO5. The van der Waals surface area contributed by atoms with Crippen LogP contribution in [0.2, 0.25) is 0 Å². The van der Waals surface area contributed by atoms with Crippen molar-refractivity contribution >= 4 is 0 Å². The first-order chi connectivity index (χ1) is 8.13. The molecule has 0 radical (unpaired) electrons. The number of ether oxygens (including phenoxy) is 2. The lowest BCUT2D eigenvalue weighted by molar-refractivity contribution is -0.507. The van der Waals surface area contributed by atoms with Crippen LogP contribution >= 0.6 is 0 Å². The maximum Gasteiger partial charge on any atom is 0.136 e. The largest absolute Gasteiger partial charge is 0.372 e. The summed E-state index contributed by atoms with van der Waals surface area (Å²) in [5.74, 6) is 0.924. The van der Waals surface area contributed by atoms with E-state index in [0.29, 0.717) is 25.0 Å². The highest BCUT2D eigenvalue weighted by atomic mass is 17.1. The van der Waals surface area contributed by atoms with Crippen molar-refractivity contribution in [1.82, 2.24) is 5.39 Å². The third kappa shape index (κ3) is 2.78. The highest BCUT2D eigenvalue weighted by molar-refractivity contribution is 4.96. The molecule has 100 valence electrons. The smallest absolute Gasteiger partial charge is 0.136 e. The van der Waals surface area contributed by atoms with E-state index in [1.807, 2.05) is 0 Å². The molecule has 0 bridgehead atoms. The van der Waals surface area contributed by atoms with Gasteiger partial charge >= 0.3 is 0 Å². The van der Waals surface area contributed by atoms with Gasteiger partial charge in [0.05, 0.1) is 24.7 Å². The van der Waals surface area contributed by atoms with E-state index in [1.165, 1.54) is 0 Å². The Morgan fingerprint density at radius 2 is 2.00 bits per heavy atom. The topological polar surface area (TPSA) is 71.4 Å². The molecule has 5 atom stereocenters. The fourth-order valence-electron chi connectivity index (χ4n) is 2.86. The van der Waals surface area contributed by atoms with Gasteiger partial charge in [-0.15, -0.1) is 0 Å². The van der Waals surface area contributed by atoms with Crippen LogP contribution in [-0.2, 0) is 14.3 Å². The highest BCUT2D eigenvalue weighted by Crippen LogP contribution is 2.37. The van der Waals surface area contributed by atoms with E-state index in [2.05, 4.69) is 13.8 Å². The van der Waals surface area contributed by atoms with Crippen molar-refractivity contribution in [2.75, 3.05) is 13.2 Å². The van der Waals surface area contributed by atoms with Crippen molar-refractivity contribution in [3.8, 4) is 0 Å². The first-order valence-corrected chi connectivity index (χ1v) is 6.21. The Kier molecular flexibility index (Phi) is 4.35. The van der Waals surface area contributed by atoms with Gasteiger partial charge in [0.15, 0.2) is 0 Å². The second kappa shape index (κ2) is 5.60. The lowest BCUT2D eigenvalue weighted by Crippen LogP contribution is -2.36. The van der Waals surface area contributed by atoms with Crippen LogP contribution in [0.3, 0.4) is 0 Å². The van der Waals surface area contributed by atoms with Gasteiger partial charge < -0.3 is 9.47 Å². The fraction of sp³-hybridized carbons (Fsp3) is 1.00. The second-order valence-corrected chi connectivity index (χ2v) is 4.92. The van der Waals surface area contributed by atoms with Gasteiger partial charge in [-0.2, -0.15) is 0 Å². The summed E-state index contributed by atoms with van der Waals surface area (Å²) in [5, 5.41) is 17.0. The molecule has 0 aliphatic carbocycles. The van der Waals surface area contributed by atoms with Crippen LogP contribution in [0, 0.1) is 11.8 Å². The van der Waals surface area contributed by atoms with Gasteiger partial charge in [0.25, 0.3) is 0 Å². The quantitative estimate of drug-likeness (QED) is 0.712. The van der Waals surface area contributed by atoms with Crippen LogP contribution in [0.4, 0.5) is 0 Å². The fourth-order valence-corrected chi connectivity index (χ4v) is 2.86. The number of fused-ring (bicyclic) bond motifs is 1. The number of nitrogens with zero attached hydrogens (tertiary/aromatic N) is 1. The van der Waals surface area contributed by atoms with Gasteiger partial charge in [-0.1, -0.05) is 26.7 Å². The molecule has 0 saturated carbocycles. The summed E-state index contributed by atoms with van der Waals surface area (Å²) in [4.78, 5) is 4.81. The van der Waals surface area contributed by atoms with E-state index >= 15 is 0 Å². The molecule has 2 aliphatic rings. The Hall–Kier alpha value is -0.240. The third-order valence-corrected chi connectivity index (χ3v) is 3.75. The molecule has 0 amide bonds. The van der Waals surface area contributed by atoms with Gasteiger partial charge in [-0.25, -0.2) is 4.84 Å². The van der Waals surface area contributed by atoms with Crippen LogP contribution in [-0.4, -0.2) is 47.3 Å². The van der Waals surface area contributed by atoms with E-state index < -0.39 is 6.10 Å². The second-order valence-electron chi connectivity index (χ2n) is 4.92. The predicted molar refractivity (Wildman–Crippen MR) is 57.3 cm³/mol. The van der Waals surface area contributed by atoms with E-state index in [0.717, 1.165) is 12.8 Å². The molecule has 6 nitrogen and oxygen atoms in total. The zero-order chi connectivity index (χ0) is 12.4. The lowest BCUT2D eigenvalue weighted by Gasteiger charge is -2.22. The first-order valence-electron chi connectivity index (χ1n) is 6.21. The third-order valence-electron chi connectivity index (χ3n) is 3.75. The number of hydrogen-bond acceptors (Lipinski definition) is 6. The molecule has 5 unspecified atom stereocenters. The number of rotatable bonds is 5. The maximum atomic E-state index is 8.65. The maximum absolute atomic E-state index is 8.65. The molecule has 6 heteroatoms. The Labute approximate surface area is 101 Å². The standard InChI is InChI=1S/C11H21NO5/c1-3-4-7(2)8-5-15-11-9(17-12(13)14)6-16-10(8)11/h7-11,13-14H,3-6H2,1-2H3. The predicted octanol–water partition coefficient (Wildman–Crippen LogP) is 1.22. The van der Waals surface area contributed by atoms with E-state index in [1.54, 1.807) is 0 Å². The van der Waals surface area contributed by atoms with Crippen LogP contribution in [0.1, 0.15) is 26.7 Å². The molecule has 2 fully saturated rings. The molecule has 0 aromatic carbocycles. The molecule has 2 rings (SSSR count). The van der Waals surface area contributed by atoms with E-state index in [9.17, 15) is 0 Å². The van der Waals surface area contributed by atoms with Crippen molar-refractivity contribution < 1.29 is 24.7 Å². The summed E-state index contributed by atoms with van der Waals surface area (Å²) in [6.07, 6.45) is 1.69. The zero-order valence-electron chi connectivity index (χ0n) is 10.3. The lowest BCUT2D eigenvalue weighted by atomic mass is 9.86. The minimum Gasteiger partial charge on any atom is -0.372 e. The zero-order valence-corrected chi connectivity index (χ0v) is 10.3. The molecule has 2 aliphatic heterocycles. The molecule has 0 aromatic heterocycles. The summed E-state index contributed by atoms with van der Waals surface area (Å²) in [5.41, 5.74) is 0. The molecule has 2 heterocycles. The van der Waals surface area contributed by atoms with Gasteiger partial charge in [0.1, 0.15) is 12.2 Å². The van der Waals surface area contributed by atoms with Crippen molar-refractivity contribution in [2.45, 2.75) is 45.0 Å². The molecule has 0 aromatic rings. The molecule has 2 saturated heterocycles. The van der Waals surface area contributed by atoms with Crippen LogP contribution in [0.15, 0.2) is 0 Å². The average molecular weight is 247 g/mol. The van der Waals surface area contributed by atoms with Crippen molar-refractivity contribution in [3.05, 3.63) is 0 Å². The van der Waals surface area contributed by atoms with Gasteiger partial charge in [0, 0.05) is 5.92 Å². The van der Waals surface area contributed by atoms with Crippen LogP contribution in [0.25, 0.3) is 0 Å². The summed E-state index contributed by atoms with van der Waals surface area (Å²) in [6.45, 7) is 5.37. The first kappa shape index (κ1) is 13.2. The minimum atomic E-state index is -0.436. The van der Waals surface area contributed by atoms with Crippen LogP contribution < -0.4 is 0 Å². The summed E-state index contributed by atoms with van der Waals surface area (Å²) >= 11 is 0. The molecular weight excluding hydrogens is 226 g/mol. The molecule has 0 spiro atoms. The molecule has 2 N–H and O–H groups in total. The summed E-state index contributed by atoms with van der Waals surface area (Å²) < 4.78 is 11.3. The highest BCUT2D eigenvalue weighted by Gasteiger charge is 2.50. The van der Waals surface area contributed by atoms with Crippen molar-refractivity contribution in [3.63, 3.8) is 0 Å². The van der Waals surface area contributed by atoms with E-state index in [-0.39, 0.29) is 17.6 Å².